The standard InChI is InChI=1S/C15H23ClN2O2/c1-10(2)17-8-12-13(16)6-5-7-14(12)20-9-15(19)18-11(3)4/h5-7,10-11,17H,8-9H2,1-4H3,(H,18,19). The van der Waals surface area contributed by atoms with Crippen molar-refractivity contribution in [2.75, 3.05) is 6.61 Å². The first-order valence-corrected chi connectivity index (χ1v) is 7.21. The van der Waals surface area contributed by atoms with Gasteiger partial charge in [0.05, 0.1) is 0 Å². The highest BCUT2D eigenvalue weighted by Gasteiger charge is 2.11. The first kappa shape index (κ1) is 16.8. The Kier molecular flexibility index (Phi) is 6.82. The van der Waals surface area contributed by atoms with Crippen LogP contribution in [0.1, 0.15) is 33.3 Å². The van der Waals surface area contributed by atoms with Gasteiger partial charge in [-0.3, -0.25) is 4.79 Å². The minimum Gasteiger partial charge on any atom is -0.483 e. The third-order valence-electron chi connectivity index (χ3n) is 2.57. The number of nitrogens with one attached hydrogen (secondary N) is 2. The molecule has 2 N–H and O–H groups in total. The third-order valence-corrected chi connectivity index (χ3v) is 2.93. The summed E-state index contributed by atoms with van der Waals surface area (Å²) < 4.78 is 5.58. The number of hydrogen-bond acceptors (Lipinski definition) is 3. The van der Waals surface area contributed by atoms with E-state index in [4.69, 9.17) is 16.3 Å². The lowest BCUT2D eigenvalue weighted by Gasteiger charge is -2.15. The topological polar surface area (TPSA) is 50.4 Å². The van der Waals surface area contributed by atoms with Crippen LogP contribution in [-0.4, -0.2) is 24.6 Å². The number of carbonyl (C=O) groups is 1. The molecule has 1 rings (SSSR count). The van der Waals surface area contributed by atoms with Gasteiger partial charge in [-0.2, -0.15) is 0 Å². The van der Waals surface area contributed by atoms with E-state index in [9.17, 15) is 4.79 Å². The Morgan fingerprint density at radius 1 is 1.25 bits per heavy atom. The summed E-state index contributed by atoms with van der Waals surface area (Å²) in [5.41, 5.74) is 0.875. The maximum Gasteiger partial charge on any atom is 0.258 e. The van der Waals surface area contributed by atoms with E-state index in [0.717, 1.165) is 5.56 Å². The van der Waals surface area contributed by atoms with Gasteiger partial charge in [0.1, 0.15) is 5.75 Å². The second-order valence-corrected chi connectivity index (χ2v) is 5.67. The molecule has 0 aliphatic rings. The van der Waals surface area contributed by atoms with Gasteiger partial charge in [0.2, 0.25) is 0 Å². The molecule has 1 aromatic carbocycles. The molecule has 0 heterocycles. The van der Waals surface area contributed by atoms with E-state index in [1.807, 2.05) is 32.0 Å². The average molecular weight is 299 g/mol. The van der Waals surface area contributed by atoms with E-state index < -0.39 is 0 Å². The summed E-state index contributed by atoms with van der Waals surface area (Å²) >= 11 is 6.19. The van der Waals surface area contributed by atoms with Gasteiger partial charge in [-0.05, 0) is 26.0 Å². The van der Waals surface area contributed by atoms with Crippen LogP contribution in [0.5, 0.6) is 5.75 Å². The van der Waals surface area contributed by atoms with Crippen molar-refractivity contribution in [3.63, 3.8) is 0 Å². The number of amides is 1. The van der Waals surface area contributed by atoms with Gasteiger partial charge in [-0.25, -0.2) is 0 Å². The Balaban J connectivity index is 2.69. The van der Waals surface area contributed by atoms with E-state index in [-0.39, 0.29) is 18.6 Å². The molecule has 1 amide bonds. The van der Waals surface area contributed by atoms with Gasteiger partial charge in [-0.15, -0.1) is 0 Å². The van der Waals surface area contributed by atoms with Crippen LogP contribution in [0.4, 0.5) is 0 Å². The van der Waals surface area contributed by atoms with Crippen LogP contribution in [0, 0.1) is 0 Å². The van der Waals surface area contributed by atoms with E-state index in [1.54, 1.807) is 0 Å². The predicted molar refractivity (Wildman–Crippen MR) is 82.2 cm³/mol. The van der Waals surface area contributed by atoms with Gasteiger partial charge < -0.3 is 15.4 Å². The fraction of sp³-hybridized carbons (Fsp3) is 0.533. The van der Waals surface area contributed by atoms with Crippen molar-refractivity contribution >= 4 is 17.5 Å². The third kappa shape index (κ3) is 5.80. The van der Waals surface area contributed by atoms with Crippen LogP contribution in [0.25, 0.3) is 0 Å². The minimum absolute atomic E-state index is 0.00675. The van der Waals surface area contributed by atoms with Crippen LogP contribution in [-0.2, 0) is 11.3 Å². The molecule has 0 saturated heterocycles. The average Bonchev–Trinajstić information content (AvgIpc) is 2.34. The SMILES string of the molecule is CC(C)NCc1c(Cl)cccc1OCC(=O)NC(C)C. The zero-order valence-electron chi connectivity index (χ0n) is 12.5. The monoisotopic (exact) mass is 298 g/mol. The fourth-order valence-corrected chi connectivity index (χ4v) is 1.89. The molecule has 0 bridgehead atoms. The maximum absolute atomic E-state index is 11.6. The highest BCUT2D eigenvalue weighted by Crippen LogP contribution is 2.26. The van der Waals surface area contributed by atoms with Crippen LogP contribution in [0.2, 0.25) is 5.02 Å². The lowest BCUT2D eigenvalue weighted by atomic mass is 10.2. The van der Waals surface area contributed by atoms with Crippen molar-refractivity contribution in [1.29, 1.82) is 0 Å². The van der Waals surface area contributed by atoms with Crippen molar-refractivity contribution < 1.29 is 9.53 Å². The smallest absolute Gasteiger partial charge is 0.258 e. The van der Waals surface area contributed by atoms with Crippen molar-refractivity contribution in [2.45, 2.75) is 46.3 Å². The molecule has 20 heavy (non-hydrogen) atoms. The Hall–Kier alpha value is -1.26. The highest BCUT2D eigenvalue weighted by molar-refractivity contribution is 6.31. The molecule has 5 heteroatoms. The quantitative estimate of drug-likeness (QED) is 0.814. The molecular weight excluding hydrogens is 276 g/mol. The molecule has 1 aromatic rings. The van der Waals surface area contributed by atoms with Crippen LogP contribution < -0.4 is 15.4 Å². The van der Waals surface area contributed by atoms with Gasteiger partial charge >= 0.3 is 0 Å². The maximum atomic E-state index is 11.6. The normalized spacial score (nSPS) is 10.9. The van der Waals surface area contributed by atoms with E-state index in [0.29, 0.717) is 23.4 Å². The number of carbonyl (C=O) groups excluding carboxylic acids is 1. The van der Waals surface area contributed by atoms with Crippen LogP contribution in [0.15, 0.2) is 18.2 Å². The highest BCUT2D eigenvalue weighted by atomic mass is 35.5. The van der Waals surface area contributed by atoms with Gasteiger partial charge in [0, 0.05) is 29.2 Å². The number of halogens is 1. The first-order chi connectivity index (χ1) is 9.40. The largest absolute Gasteiger partial charge is 0.483 e. The van der Waals surface area contributed by atoms with Gasteiger partial charge in [0.25, 0.3) is 5.91 Å². The van der Waals surface area contributed by atoms with Crippen molar-refractivity contribution in [2.24, 2.45) is 0 Å². The zero-order chi connectivity index (χ0) is 15.1. The van der Waals surface area contributed by atoms with E-state index in [2.05, 4.69) is 24.5 Å². The Bertz CT molecular complexity index is 447. The van der Waals surface area contributed by atoms with E-state index >= 15 is 0 Å². The van der Waals surface area contributed by atoms with Gasteiger partial charge in [-0.1, -0.05) is 31.5 Å². The molecular formula is C15H23ClN2O2. The predicted octanol–water partition coefficient (Wildman–Crippen LogP) is 2.74. The summed E-state index contributed by atoms with van der Waals surface area (Å²) in [5, 5.41) is 6.72. The van der Waals surface area contributed by atoms with Crippen molar-refractivity contribution in [3.05, 3.63) is 28.8 Å². The summed E-state index contributed by atoms with van der Waals surface area (Å²) in [7, 11) is 0. The van der Waals surface area contributed by atoms with Gasteiger partial charge in [0.15, 0.2) is 6.61 Å². The lowest BCUT2D eigenvalue weighted by Crippen LogP contribution is -2.34. The molecule has 4 nitrogen and oxygen atoms in total. The molecule has 0 fully saturated rings. The molecule has 0 unspecified atom stereocenters. The summed E-state index contributed by atoms with van der Waals surface area (Å²) in [6.45, 7) is 8.55. The summed E-state index contributed by atoms with van der Waals surface area (Å²) in [5.74, 6) is 0.507. The minimum atomic E-state index is -0.136. The molecule has 112 valence electrons. The number of hydrogen-bond donors (Lipinski definition) is 2. The Morgan fingerprint density at radius 3 is 2.55 bits per heavy atom. The molecule has 0 spiro atoms. The number of benzene rings is 1. The molecule has 0 atom stereocenters. The van der Waals surface area contributed by atoms with Crippen LogP contribution >= 0.6 is 11.6 Å². The number of rotatable bonds is 7. The summed E-state index contributed by atoms with van der Waals surface area (Å²) in [4.78, 5) is 11.6. The molecule has 0 saturated carbocycles. The zero-order valence-corrected chi connectivity index (χ0v) is 13.3. The summed E-state index contributed by atoms with van der Waals surface area (Å²) in [6.07, 6.45) is 0. The molecule has 0 aliphatic heterocycles. The van der Waals surface area contributed by atoms with Crippen LogP contribution in [0.3, 0.4) is 0 Å². The van der Waals surface area contributed by atoms with Crippen molar-refractivity contribution in [1.82, 2.24) is 10.6 Å². The Labute approximate surface area is 125 Å². The van der Waals surface area contributed by atoms with E-state index in [1.165, 1.54) is 0 Å². The second-order valence-electron chi connectivity index (χ2n) is 5.26. The molecule has 0 aromatic heterocycles. The van der Waals surface area contributed by atoms with Crippen molar-refractivity contribution in [3.8, 4) is 5.75 Å². The molecule has 0 radical (unpaired) electrons. The molecule has 0 aliphatic carbocycles. The number of ether oxygens (including phenoxy) is 1. The first-order valence-electron chi connectivity index (χ1n) is 6.83. The lowest BCUT2D eigenvalue weighted by molar-refractivity contribution is -0.123. The Morgan fingerprint density at radius 2 is 1.95 bits per heavy atom. The summed E-state index contributed by atoms with van der Waals surface area (Å²) in [6, 6.07) is 5.92. The second kappa shape index (κ2) is 8.12. The fourth-order valence-electron chi connectivity index (χ4n) is 1.66.